The van der Waals surface area contributed by atoms with Crippen molar-refractivity contribution in [2.24, 2.45) is 0 Å². The van der Waals surface area contributed by atoms with Crippen molar-refractivity contribution in [1.29, 1.82) is 5.26 Å². The van der Waals surface area contributed by atoms with Gasteiger partial charge in [-0.3, -0.25) is 10.1 Å². The molecule has 3 aromatic rings. The van der Waals surface area contributed by atoms with Gasteiger partial charge in [-0.05, 0) is 42.8 Å². The maximum atomic E-state index is 13.4. The molecule has 0 atom stereocenters. The highest BCUT2D eigenvalue weighted by Crippen LogP contribution is 2.29. The maximum Gasteiger partial charge on any atom is 0.416 e. The van der Waals surface area contributed by atoms with Crippen LogP contribution in [0.1, 0.15) is 41.5 Å². The third kappa shape index (κ3) is 6.84. The lowest BCUT2D eigenvalue weighted by Gasteiger charge is -2.35. The Bertz CT molecular complexity index is 1340. The summed E-state index contributed by atoms with van der Waals surface area (Å²) in [6, 6.07) is 8.89. The summed E-state index contributed by atoms with van der Waals surface area (Å²) in [6.07, 6.45) is 0.305. The summed E-state index contributed by atoms with van der Waals surface area (Å²) >= 11 is 0. The fourth-order valence-corrected chi connectivity index (χ4v) is 4.09. The number of halogens is 3. The quantitative estimate of drug-likeness (QED) is 0.453. The van der Waals surface area contributed by atoms with Gasteiger partial charge in [0, 0.05) is 50.8 Å². The van der Waals surface area contributed by atoms with Gasteiger partial charge in [0.15, 0.2) is 5.82 Å². The summed E-state index contributed by atoms with van der Waals surface area (Å²) in [7, 11) is 0. The van der Waals surface area contributed by atoms with Crippen molar-refractivity contribution < 1.29 is 22.8 Å². The number of rotatable bonds is 7. The molecule has 0 radical (unpaired) electrons. The van der Waals surface area contributed by atoms with E-state index in [4.69, 9.17) is 5.26 Å². The highest BCUT2D eigenvalue weighted by Gasteiger charge is 2.30. The van der Waals surface area contributed by atoms with E-state index in [1.54, 1.807) is 27.8 Å². The highest BCUT2D eigenvalue weighted by molar-refractivity contribution is 6.00. The second-order valence-corrected chi connectivity index (χ2v) is 8.95. The molecule has 10 nitrogen and oxygen atoms in total. The average molecular weight is 541 g/mol. The Hall–Kier alpha value is -4.60. The first-order valence-electron chi connectivity index (χ1n) is 12.4. The Kier molecular flexibility index (Phi) is 8.33. The first-order valence-corrected chi connectivity index (χ1v) is 12.4. The number of aryl methyl sites for hydroxylation is 1. The topological polar surface area (TPSA) is 119 Å². The van der Waals surface area contributed by atoms with Crippen LogP contribution in [0.2, 0.25) is 0 Å². The van der Waals surface area contributed by atoms with Crippen LogP contribution in [-0.4, -0.2) is 57.6 Å². The van der Waals surface area contributed by atoms with E-state index in [-0.39, 0.29) is 23.2 Å². The molecule has 39 heavy (non-hydrogen) atoms. The third-order valence-corrected chi connectivity index (χ3v) is 6.20. The number of nitriles is 1. The fraction of sp³-hybridized carbons (Fsp3) is 0.346. The highest BCUT2D eigenvalue weighted by atomic mass is 19.4. The van der Waals surface area contributed by atoms with E-state index in [1.165, 1.54) is 6.20 Å². The van der Waals surface area contributed by atoms with Gasteiger partial charge in [0.2, 0.25) is 5.82 Å². The van der Waals surface area contributed by atoms with Crippen LogP contribution in [0.25, 0.3) is 0 Å². The Morgan fingerprint density at radius 3 is 2.36 bits per heavy atom. The van der Waals surface area contributed by atoms with E-state index in [9.17, 15) is 22.8 Å². The predicted molar refractivity (Wildman–Crippen MR) is 138 cm³/mol. The van der Waals surface area contributed by atoms with Crippen LogP contribution in [0.5, 0.6) is 0 Å². The van der Waals surface area contributed by atoms with E-state index in [1.807, 2.05) is 17.9 Å². The van der Waals surface area contributed by atoms with Crippen molar-refractivity contribution in [3.05, 3.63) is 65.7 Å². The molecular formula is C26H27F3N8O2. The molecule has 0 saturated carbocycles. The van der Waals surface area contributed by atoms with Gasteiger partial charge in [-0.1, -0.05) is 13.3 Å². The first kappa shape index (κ1) is 27.4. The lowest BCUT2D eigenvalue weighted by molar-refractivity contribution is -0.137. The van der Waals surface area contributed by atoms with Crippen molar-refractivity contribution >= 4 is 29.3 Å². The number of amides is 3. The molecule has 1 saturated heterocycles. The number of carbonyl (C=O) groups is 2. The molecule has 13 heteroatoms. The maximum absolute atomic E-state index is 13.4. The van der Waals surface area contributed by atoms with Gasteiger partial charge in [0.25, 0.3) is 5.91 Å². The molecule has 2 N–H and O–H groups in total. The zero-order valence-corrected chi connectivity index (χ0v) is 21.2. The molecule has 0 spiro atoms. The Balaban J connectivity index is 1.40. The standard InChI is InChI=1S/C26H27F3N8O2/c1-2-3-10-37-17-21(34-25(39)32-20-7-5-19(6-8-20)26(27,28)29)33-23(37)24(38)36-13-11-35(12-14-36)22-9-4-18(15-30)16-31-22/h4-9,16-17H,2-3,10-14H2,1H3,(H2,32,34,39). The number of carbonyl (C=O) groups excluding carboxylic acids is 2. The summed E-state index contributed by atoms with van der Waals surface area (Å²) in [5.74, 6) is 0.809. The van der Waals surface area contributed by atoms with Crippen LogP contribution in [0.3, 0.4) is 0 Å². The molecule has 2 aromatic heterocycles. The van der Waals surface area contributed by atoms with Gasteiger partial charge in [-0.15, -0.1) is 0 Å². The SMILES string of the molecule is CCCCn1cc(NC(=O)Nc2ccc(C(F)(F)F)cc2)nc1C(=O)N1CCN(c2ccc(C#N)cn2)CC1. The molecule has 0 aliphatic carbocycles. The number of hydrogen-bond acceptors (Lipinski definition) is 6. The number of alkyl halides is 3. The monoisotopic (exact) mass is 540 g/mol. The molecule has 3 heterocycles. The summed E-state index contributed by atoms with van der Waals surface area (Å²) < 4.78 is 40.0. The van der Waals surface area contributed by atoms with Crippen LogP contribution >= 0.6 is 0 Å². The van der Waals surface area contributed by atoms with E-state index in [0.29, 0.717) is 38.3 Å². The van der Waals surface area contributed by atoms with Crippen LogP contribution in [0.15, 0.2) is 48.8 Å². The molecule has 1 fully saturated rings. The van der Waals surface area contributed by atoms with Crippen molar-refractivity contribution in [2.45, 2.75) is 32.5 Å². The molecule has 1 aliphatic heterocycles. The van der Waals surface area contributed by atoms with E-state index in [2.05, 4.69) is 20.6 Å². The fourth-order valence-electron chi connectivity index (χ4n) is 4.09. The number of unbranched alkanes of at least 4 members (excludes halogenated alkanes) is 1. The smallest absolute Gasteiger partial charge is 0.353 e. The number of nitrogens with zero attached hydrogens (tertiary/aromatic N) is 6. The second-order valence-electron chi connectivity index (χ2n) is 8.95. The predicted octanol–water partition coefficient (Wildman–Crippen LogP) is 4.58. The molecule has 0 unspecified atom stereocenters. The summed E-state index contributed by atoms with van der Waals surface area (Å²) in [4.78, 5) is 38.2. The number of aromatic nitrogens is 3. The molecular weight excluding hydrogens is 513 g/mol. The number of imidazole rings is 1. The van der Waals surface area contributed by atoms with Crippen LogP contribution in [0, 0.1) is 11.3 Å². The molecule has 1 aliphatic rings. The number of hydrogen-bond donors (Lipinski definition) is 2. The summed E-state index contributed by atoms with van der Waals surface area (Å²) in [5.41, 5.74) is -0.166. The molecule has 3 amide bonds. The van der Waals surface area contributed by atoms with Gasteiger partial charge in [0.1, 0.15) is 11.9 Å². The number of nitrogens with one attached hydrogen (secondary N) is 2. The lowest BCUT2D eigenvalue weighted by atomic mass is 10.2. The van der Waals surface area contributed by atoms with Crippen molar-refractivity contribution in [1.82, 2.24) is 19.4 Å². The number of pyridine rings is 1. The Labute approximate surface area is 223 Å². The number of anilines is 3. The van der Waals surface area contributed by atoms with Gasteiger partial charge in [-0.25, -0.2) is 14.8 Å². The summed E-state index contributed by atoms with van der Waals surface area (Å²) in [5, 5.41) is 14.0. The number of benzene rings is 1. The summed E-state index contributed by atoms with van der Waals surface area (Å²) in [6.45, 7) is 4.55. The van der Waals surface area contributed by atoms with Crippen molar-refractivity contribution in [3.8, 4) is 6.07 Å². The average Bonchev–Trinajstić information content (AvgIpc) is 3.33. The minimum absolute atomic E-state index is 0.152. The molecule has 1 aromatic carbocycles. The third-order valence-electron chi connectivity index (χ3n) is 6.20. The van der Waals surface area contributed by atoms with Crippen molar-refractivity contribution in [3.63, 3.8) is 0 Å². The molecule has 0 bridgehead atoms. The van der Waals surface area contributed by atoms with Crippen LogP contribution in [-0.2, 0) is 12.7 Å². The normalized spacial score (nSPS) is 13.6. The zero-order valence-electron chi connectivity index (χ0n) is 21.2. The van der Waals surface area contributed by atoms with Gasteiger partial charge < -0.3 is 19.7 Å². The zero-order chi connectivity index (χ0) is 28.0. The Morgan fingerprint density at radius 2 is 1.77 bits per heavy atom. The van der Waals surface area contributed by atoms with E-state index < -0.39 is 17.8 Å². The van der Waals surface area contributed by atoms with Gasteiger partial charge in [-0.2, -0.15) is 18.4 Å². The van der Waals surface area contributed by atoms with Crippen LogP contribution < -0.4 is 15.5 Å². The van der Waals surface area contributed by atoms with Crippen molar-refractivity contribution in [2.75, 3.05) is 41.7 Å². The first-order chi connectivity index (χ1) is 18.7. The molecule has 4 rings (SSSR count). The van der Waals surface area contributed by atoms with Crippen LogP contribution in [0.4, 0.5) is 35.3 Å². The minimum atomic E-state index is -4.47. The minimum Gasteiger partial charge on any atom is -0.353 e. The largest absolute Gasteiger partial charge is 0.416 e. The molecule has 204 valence electrons. The lowest BCUT2D eigenvalue weighted by Crippen LogP contribution is -2.49. The number of urea groups is 1. The van der Waals surface area contributed by atoms with Gasteiger partial charge in [0.05, 0.1) is 11.1 Å². The van der Waals surface area contributed by atoms with E-state index >= 15 is 0 Å². The second kappa shape index (κ2) is 11.8. The van der Waals surface area contributed by atoms with Gasteiger partial charge >= 0.3 is 12.2 Å². The number of piperazine rings is 1. The Morgan fingerprint density at radius 1 is 1.05 bits per heavy atom. The van der Waals surface area contributed by atoms with E-state index in [0.717, 1.165) is 42.9 Å².